The van der Waals surface area contributed by atoms with Crippen molar-refractivity contribution in [2.24, 2.45) is 0 Å². The van der Waals surface area contributed by atoms with Crippen molar-refractivity contribution in [3.63, 3.8) is 0 Å². The lowest BCUT2D eigenvalue weighted by Crippen LogP contribution is -2.27. The topological polar surface area (TPSA) is 59.2 Å². The number of aryl methyl sites for hydroxylation is 1. The summed E-state index contributed by atoms with van der Waals surface area (Å²) in [4.78, 5) is 17.9. The van der Waals surface area contributed by atoms with Gasteiger partial charge in [-0.2, -0.15) is 4.98 Å². The first-order chi connectivity index (χ1) is 11.5. The summed E-state index contributed by atoms with van der Waals surface area (Å²) in [7, 11) is 1.56. The highest BCUT2D eigenvalue weighted by Gasteiger charge is 2.18. The van der Waals surface area contributed by atoms with Gasteiger partial charge in [-0.15, -0.1) is 0 Å². The molecular formula is C18H16FN3O2. The minimum absolute atomic E-state index is 0.0123. The second-order valence-electron chi connectivity index (χ2n) is 5.52. The van der Waals surface area contributed by atoms with Gasteiger partial charge in [0.2, 0.25) is 11.7 Å². The highest BCUT2D eigenvalue weighted by atomic mass is 19.1. The SMILES string of the molecule is Cc1ccc(-c2noc(CN(C)C(=O)c3ccccc3F)n2)cc1. The molecule has 0 bridgehead atoms. The highest BCUT2D eigenvalue weighted by molar-refractivity contribution is 5.94. The first-order valence-corrected chi connectivity index (χ1v) is 7.44. The third-order valence-electron chi connectivity index (χ3n) is 3.60. The summed E-state index contributed by atoms with van der Waals surface area (Å²) in [5, 5.41) is 3.92. The number of carbonyl (C=O) groups excluding carboxylic acids is 1. The molecule has 0 radical (unpaired) electrons. The molecule has 1 heterocycles. The molecule has 3 aromatic rings. The first-order valence-electron chi connectivity index (χ1n) is 7.44. The third-order valence-corrected chi connectivity index (χ3v) is 3.60. The Balaban J connectivity index is 1.73. The van der Waals surface area contributed by atoms with E-state index in [4.69, 9.17) is 4.52 Å². The molecule has 1 aromatic heterocycles. The third kappa shape index (κ3) is 3.32. The number of rotatable bonds is 4. The van der Waals surface area contributed by atoms with Gasteiger partial charge in [0.15, 0.2) is 0 Å². The Morgan fingerprint density at radius 1 is 1.17 bits per heavy atom. The van der Waals surface area contributed by atoms with Crippen molar-refractivity contribution >= 4 is 5.91 Å². The van der Waals surface area contributed by atoms with Crippen LogP contribution < -0.4 is 0 Å². The van der Waals surface area contributed by atoms with E-state index in [0.29, 0.717) is 5.82 Å². The fourth-order valence-corrected chi connectivity index (χ4v) is 2.25. The molecule has 5 nitrogen and oxygen atoms in total. The Hall–Kier alpha value is -3.02. The molecule has 0 fully saturated rings. The zero-order valence-electron chi connectivity index (χ0n) is 13.4. The summed E-state index contributed by atoms with van der Waals surface area (Å²) in [6.45, 7) is 2.10. The van der Waals surface area contributed by atoms with E-state index in [1.54, 1.807) is 13.1 Å². The quantitative estimate of drug-likeness (QED) is 0.737. The maximum atomic E-state index is 13.7. The number of amides is 1. The van der Waals surface area contributed by atoms with Gasteiger partial charge in [-0.1, -0.05) is 47.1 Å². The summed E-state index contributed by atoms with van der Waals surface area (Å²) in [5.41, 5.74) is 1.98. The second-order valence-corrected chi connectivity index (χ2v) is 5.52. The molecule has 0 atom stereocenters. The molecule has 6 heteroatoms. The van der Waals surface area contributed by atoms with Crippen molar-refractivity contribution in [2.45, 2.75) is 13.5 Å². The largest absolute Gasteiger partial charge is 0.337 e. The summed E-state index contributed by atoms with van der Waals surface area (Å²) >= 11 is 0. The van der Waals surface area contributed by atoms with Crippen LogP contribution in [0.2, 0.25) is 0 Å². The highest BCUT2D eigenvalue weighted by Crippen LogP contribution is 2.17. The Kier molecular flexibility index (Phi) is 4.37. The molecule has 24 heavy (non-hydrogen) atoms. The molecule has 0 spiro atoms. The molecule has 0 aliphatic heterocycles. The van der Waals surface area contributed by atoms with Gasteiger partial charge < -0.3 is 9.42 Å². The monoisotopic (exact) mass is 325 g/mol. The smallest absolute Gasteiger partial charge is 0.257 e. The van der Waals surface area contributed by atoms with E-state index in [1.807, 2.05) is 31.2 Å². The summed E-state index contributed by atoms with van der Waals surface area (Å²) in [6.07, 6.45) is 0. The number of nitrogens with zero attached hydrogens (tertiary/aromatic N) is 3. The van der Waals surface area contributed by atoms with Gasteiger partial charge in [-0.05, 0) is 19.1 Å². The van der Waals surface area contributed by atoms with Crippen molar-refractivity contribution in [3.05, 3.63) is 71.4 Å². The van der Waals surface area contributed by atoms with Crippen LogP contribution in [-0.2, 0) is 6.54 Å². The number of carbonyl (C=O) groups is 1. The number of hydrogen-bond acceptors (Lipinski definition) is 4. The van der Waals surface area contributed by atoms with Crippen LogP contribution in [0.1, 0.15) is 21.8 Å². The maximum Gasteiger partial charge on any atom is 0.257 e. The van der Waals surface area contributed by atoms with Crippen LogP contribution in [0, 0.1) is 12.7 Å². The van der Waals surface area contributed by atoms with E-state index < -0.39 is 11.7 Å². The normalized spacial score (nSPS) is 10.6. The van der Waals surface area contributed by atoms with Gasteiger partial charge in [-0.25, -0.2) is 4.39 Å². The van der Waals surface area contributed by atoms with Crippen LogP contribution >= 0.6 is 0 Å². The summed E-state index contributed by atoms with van der Waals surface area (Å²) < 4.78 is 18.9. The number of benzene rings is 2. The minimum Gasteiger partial charge on any atom is -0.337 e. The number of halogens is 1. The fraction of sp³-hybridized carbons (Fsp3) is 0.167. The molecule has 1 amide bonds. The Morgan fingerprint density at radius 3 is 2.58 bits per heavy atom. The van der Waals surface area contributed by atoms with E-state index in [-0.39, 0.29) is 18.0 Å². The van der Waals surface area contributed by atoms with Gasteiger partial charge in [0.1, 0.15) is 5.82 Å². The van der Waals surface area contributed by atoms with Crippen molar-refractivity contribution < 1.29 is 13.7 Å². The molecular weight excluding hydrogens is 309 g/mol. The zero-order chi connectivity index (χ0) is 17.1. The Bertz CT molecular complexity index is 859. The molecule has 0 saturated heterocycles. The van der Waals surface area contributed by atoms with Crippen LogP contribution in [0.4, 0.5) is 4.39 Å². The molecule has 0 aliphatic rings. The average molecular weight is 325 g/mol. The van der Waals surface area contributed by atoms with Gasteiger partial charge in [0, 0.05) is 12.6 Å². The zero-order valence-corrected chi connectivity index (χ0v) is 13.4. The maximum absolute atomic E-state index is 13.7. The van der Waals surface area contributed by atoms with Gasteiger partial charge in [-0.3, -0.25) is 4.79 Å². The van der Waals surface area contributed by atoms with Crippen LogP contribution in [0.5, 0.6) is 0 Å². The molecule has 0 unspecified atom stereocenters. The molecule has 122 valence electrons. The van der Waals surface area contributed by atoms with Crippen molar-refractivity contribution in [1.29, 1.82) is 0 Å². The predicted molar refractivity (Wildman–Crippen MR) is 86.7 cm³/mol. The number of hydrogen-bond donors (Lipinski definition) is 0. The van der Waals surface area contributed by atoms with Gasteiger partial charge in [0.25, 0.3) is 5.91 Å². The van der Waals surface area contributed by atoms with Crippen LogP contribution in [0.3, 0.4) is 0 Å². The lowest BCUT2D eigenvalue weighted by molar-refractivity contribution is 0.0765. The lowest BCUT2D eigenvalue weighted by atomic mass is 10.1. The standard InChI is InChI=1S/C18H16FN3O2/c1-12-7-9-13(10-8-12)17-20-16(24-21-17)11-22(2)18(23)14-5-3-4-6-15(14)19/h3-10H,11H2,1-2H3. The minimum atomic E-state index is -0.555. The summed E-state index contributed by atoms with van der Waals surface area (Å²) in [5.74, 6) is -0.252. The van der Waals surface area contributed by atoms with Crippen molar-refractivity contribution in [3.8, 4) is 11.4 Å². The van der Waals surface area contributed by atoms with Crippen molar-refractivity contribution in [2.75, 3.05) is 7.05 Å². The Labute approximate surface area is 138 Å². The van der Waals surface area contributed by atoms with Gasteiger partial charge >= 0.3 is 0 Å². The predicted octanol–water partition coefficient (Wildman–Crippen LogP) is 3.46. The second kappa shape index (κ2) is 6.62. The summed E-state index contributed by atoms with van der Waals surface area (Å²) in [6, 6.07) is 13.6. The molecule has 0 aliphatic carbocycles. The lowest BCUT2D eigenvalue weighted by Gasteiger charge is -2.14. The first kappa shape index (κ1) is 15.9. The van der Waals surface area contributed by atoms with Crippen LogP contribution in [-0.4, -0.2) is 28.0 Å². The van der Waals surface area contributed by atoms with Crippen molar-refractivity contribution in [1.82, 2.24) is 15.0 Å². The van der Waals surface area contributed by atoms with E-state index in [9.17, 15) is 9.18 Å². The molecule has 0 saturated carbocycles. The van der Waals surface area contributed by atoms with E-state index in [0.717, 1.165) is 11.1 Å². The molecule has 3 rings (SSSR count). The Morgan fingerprint density at radius 2 is 1.88 bits per heavy atom. The van der Waals surface area contributed by atoms with E-state index in [2.05, 4.69) is 10.1 Å². The van der Waals surface area contributed by atoms with Crippen LogP contribution in [0.15, 0.2) is 53.1 Å². The average Bonchev–Trinajstić information content (AvgIpc) is 3.04. The molecule has 0 N–H and O–H groups in total. The fourth-order valence-electron chi connectivity index (χ4n) is 2.25. The van der Waals surface area contributed by atoms with Crippen LogP contribution in [0.25, 0.3) is 11.4 Å². The molecule has 2 aromatic carbocycles. The van der Waals surface area contributed by atoms with E-state index in [1.165, 1.54) is 23.1 Å². The van der Waals surface area contributed by atoms with E-state index >= 15 is 0 Å². The number of aromatic nitrogens is 2. The van der Waals surface area contributed by atoms with Gasteiger partial charge in [0.05, 0.1) is 12.1 Å².